The predicted octanol–water partition coefficient (Wildman–Crippen LogP) is 2.25. The molecule has 1 saturated carbocycles. The van der Waals surface area contributed by atoms with E-state index in [9.17, 15) is 18.0 Å². The first-order chi connectivity index (χ1) is 14.8. The van der Waals surface area contributed by atoms with Gasteiger partial charge in [0.2, 0.25) is 11.8 Å². The first kappa shape index (κ1) is 20.9. The summed E-state index contributed by atoms with van der Waals surface area (Å²) in [4.78, 5) is 24.6. The minimum Gasteiger partial charge on any atom is -0.480 e. The van der Waals surface area contributed by atoms with Crippen LogP contribution in [0.15, 0.2) is 29.4 Å². The molecule has 1 aliphatic heterocycles. The van der Waals surface area contributed by atoms with Crippen LogP contribution < -0.4 is 15.2 Å². The van der Waals surface area contributed by atoms with Crippen molar-refractivity contribution >= 4 is 11.8 Å². The van der Waals surface area contributed by atoms with E-state index in [0.29, 0.717) is 5.56 Å². The van der Waals surface area contributed by atoms with Crippen molar-refractivity contribution in [2.24, 2.45) is 16.6 Å². The quantitative estimate of drug-likeness (QED) is 0.663. The molecule has 2 N–H and O–H groups in total. The van der Waals surface area contributed by atoms with Gasteiger partial charge >= 0.3 is 0 Å². The van der Waals surface area contributed by atoms with Crippen LogP contribution >= 0.6 is 0 Å². The zero-order chi connectivity index (χ0) is 22.3. The molecule has 0 amide bonds. The Kier molecular flexibility index (Phi) is 5.19. The van der Waals surface area contributed by atoms with Gasteiger partial charge in [-0.1, -0.05) is 6.07 Å². The second-order valence-electron chi connectivity index (χ2n) is 7.26. The summed E-state index contributed by atoms with van der Waals surface area (Å²) in [6.45, 7) is 0. The van der Waals surface area contributed by atoms with E-state index in [0.717, 1.165) is 6.07 Å². The molecule has 3 atom stereocenters. The molecule has 0 unspecified atom stereocenters. The normalized spacial score (nSPS) is 24.1. The van der Waals surface area contributed by atoms with E-state index in [-0.39, 0.29) is 35.9 Å². The van der Waals surface area contributed by atoms with Crippen LogP contribution in [0.25, 0.3) is 0 Å². The molecule has 2 aliphatic rings. The minimum absolute atomic E-state index is 0.0432. The van der Waals surface area contributed by atoms with Gasteiger partial charge in [-0.2, -0.15) is 4.98 Å². The number of hydrogen-bond donors (Lipinski definition) is 1. The monoisotopic (exact) mass is 436 g/mol. The summed E-state index contributed by atoms with van der Waals surface area (Å²) >= 11 is 0. The fraction of sp³-hybridized carbons (Fsp3) is 0.400. The predicted molar refractivity (Wildman–Crippen MR) is 102 cm³/mol. The SMILES string of the molecule is COc1cnc(C(=O)Cc2ccc(F)c([C@@]3(C(F)F)N=C(N)O[C@@H]4C[C@@H]43)c2)c(OC)n1. The van der Waals surface area contributed by atoms with E-state index in [4.69, 9.17) is 19.9 Å². The van der Waals surface area contributed by atoms with Crippen molar-refractivity contribution < 1.29 is 32.2 Å². The summed E-state index contributed by atoms with van der Waals surface area (Å²) in [7, 11) is 2.71. The van der Waals surface area contributed by atoms with Crippen LogP contribution in [0, 0.1) is 11.7 Å². The van der Waals surface area contributed by atoms with Crippen molar-refractivity contribution in [1.29, 1.82) is 0 Å². The van der Waals surface area contributed by atoms with E-state index in [2.05, 4.69) is 15.0 Å². The average Bonchev–Trinajstić information content (AvgIpc) is 3.53. The first-order valence-electron chi connectivity index (χ1n) is 9.37. The molecule has 2 aromatic rings. The number of methoxy groups -OCH3 is 2. The number of amidine groups is 1. The Morgan fingerprint density at radius 2 is 2.13 bits per heavy atom. The number of carbonyl (C=O) groups excluding carboxylic acids is 1. The van der Waals surface area contributed by atoms with Gasteiger partial charge in [0.15, 0.2) is 17.0 Å². The lowest BCUT2D eigenvalue weighted by Crippen LogP contribution is -2.43. The molecule has 1 aromatic heterocycles. The number of rotatable bonds is 7. The number of aromatic nitrogens is 2. The molecule has 31 heavy (non-hydrogen) atoms. The fourth-order valence-electron chi connectivity index (χ4n) is 3.85. The van der Waals surface area contributed by atoms with Crippen molar-refractivity contribution in [3.8, 4) is 11.8 Å². The minimum atomic E-state index is -3.02. The Morgan fingerprint density at radius 1 is 1.35 bits per heavy atom. The molecule has 1 aliphatic carbocycles. The molecule has 8 nitrogen and oxygen atoms in total. The standard InChI is InChI=1S/C20H19F3N4O4/c1-29-15-8-25-16(17(26-15)30-2)13(28)6-9-3-4-12(21)10(5-9)20(18(22)23)11-7-14(11)31-19(24)27-20/h3-5,8,11,14,18H,6-7H2,1-2H3,(H2,24,27)/t11-,14+,20+/m0/s1. The van der Waals surface area contributed by atoms with Gasteiger partial charge in [0.05, 0.1) is 20.4 Å². The van der Waals surface area contributed by atoms with E-state index >= 15 is 0 Å². The Balaban J connectivity index is 1.69. The third-order valence-corrected chi connectivity index (χ3v) is 5.41. The van der Waals surface area contributed by atoms with Crippen LogP contribution in [0.3, 0.4) is 0 Å². The molecular formula is C20H19F3N4O4. The van der Waals surface area contributed by atoms with Crippen molar-refractivity contribution in [1.82, 2.24) is 9.97 Å². The Labute approximate surface area is 175 Å². The van der Waals surface area contributed by atoms with Gasteiger partial charge in [-0.3, -0.25) is 4.79 Å². The summed E-state index contributed by atoms with van der Waals surface area (Å²) in [5, 5.41) is 0. The Bertz CT molecular complexity index is 1060. The van der Waals surface area contributed by atoms with Crippen molar-refractivity contribution in [2.75, 3.05) is 14.2 Å². The summed E-state index contributed by atoms with van der Waals surface area (Å²) < 4.78 is 58.4. The number of fused-ring (bicyclic) bond motifs is 1. The topological polar surface area (TPSA) is 109 Å². The van der Waals surface area contributed by atoms with Gasteiger partial charge in [-0.05, 0) is 24.1 Å². The zero-order valence-electron chi connectivity index (χ0n) is 16.6. The fourth-order valence-corrected chi connectivity index (χ4v) is 3.85. The first-order valence-corrected chi connectivity index (χ1v) is 9.37. The maximum Gasteiger partial charge on any atom is 0.283 e. The van der Waals surface area contributed by atoms with E-state index in [1.807, 2.05) is 0 Å². The van der Waals surface area contributed by atoms with Crippen molar-refractivity contribution in [3.63, 3.8) is 0 Å². The number of ether oxygens (including phenoxy) is 3. The molecule has 4 rings (SSSR count). The lowest BCUT2D eigenvalue weighted by atomic mass is 9.83. The lowest BCUT2D eigenvalue weighted by Gasteiger charge is -2.33. The molecular weight excluding hydrogens is 417 g/mol. The molecule has 1 aromatic carbocycles. The highest BCUT2D eigenvalue weighted by Crippen LogP contribution is 2.56. The molecule has 164 valence electrons. The number of halogens is 3. The number of ketones is 1. The summed E-state index contributed by atoms with van der Waals surface area (Å²) in [5.41, 5.74) is 3.34. The lowest BCUT2D eigenvalue weighted by molar-refractivity contribution is 0.0176. The molecule has 2 heterocycles. The number of nitrogens with two attached hydrogens (primary N) is 1. The number of Topliss-reactive ketones (excluding diaryl/α,β-unsaturated/α-hetero) is 1. The summed E-state index contributed by atoms with van der Waals surface area (Å²) in [6.07, 6.45) is -2.25. The smallest absolute Gasteiger partial charge is 0.283 e. The molecule has 0 spiro atoms. The summed E-state index contributed by atoms with van der Waals surface area (Å²) in [6, 6.07) is 3.20. The number of nitrogens with zero attached hydrogens (tertiary/aromatic N) is 3. The third-order valence-electron chi connectivity index (χ3n) is 5.41. The molecule has 0 saturated heterocycles. The van der Waals surface area contributed by atoms with E-state index in [1.165, 1.54) is 32.5 Å². The van der Waals surface area contributed by atoms with E-state index < -0.39 is 41.6 Å². The highest BCUT2D eigenvalue weighted by Gasteiger charge is 2.64. The highest BCUT2D eigenvalue weighted by molar-refractivity contribution is 5.97. The third kappa shape index (κ3) is 3.53. The van der Waals surface area contributed by atoms with Gasteiger partial charge in [0.1, 0.15) is 11.9 Å². The molecule has 0 radical (unpaired) electrons. The number of benzene rings is 1. The van der Waals surface area contributed by atoms with Crippen LogP contribution in [-0.4, -0.2) is 48.5 Å². The molecule has 1 fully saturated rings. The molecule has 0 bridgehead atoms. The second-order valence-corrected chi connectivity index (χ2v) is 7.26. The van der Waals surface area contributed by atoms with Crippen LogP contribution in [-0.2, 0) is 16.7 Å². The number of aliphatic imine (C=N–C) groups is 1. The Hall–Kier alpha value is -3.37. The van der Waals surface area contributed by atoms with Gasteiger partial charge in [0.25, 0.3) is 12.4 Å². The average molecular weight is 436 g/mol. The van der Waals surface area contributed by atoms with Gasteiger partial charge in [-0.15, -0.1) is 0 Å². The summed E-state index contributed by atoms with van der Waals surface area (Å²) in [5.74, 6) is -1.94. The van der Waals surface area contributed by atoms with Crippen LogP contribution in [0.5, 0.6) is 11.8 Å². The maximum atomic E-state index is 14.7. The van der Waals surface area contributed by atoms with Crippen LogP contribution in [0.4, 0.5) is 13.2 Å². The second kappa shape index (κ2) is 7.71. The Morgan fingerprint density at radius 3 is 2.81 bits per heavy atom. The highest BCUT2D eigenvalue weighted by atomic mass is 19.3. The van der Waals surface area contributed by atoms with Gasteiger partial charge < -0.3 is 19.9 Å². The number of hydrogen-bond acceptors (Lipinski definition) is 8. The maximum absolute atomic E-state index is 14.7. The van der Waals surface area contributed by atoms with Crippen LogP contribution in [0.1, 0.15) is 28.0 Å². The van der Waals surface area contributed by atoms with Gasteiger partial charge in [0, 0.05) is 17.9 Å². The number of alkyl halides is 2. The van der Waals surface area contributed by atoms with Crippen molar-refractivity contribution in [2.45, 2.75) is 30.9 Å². The number of carbonyl (C=O) groups is 1. The van der Waals surface area contributed by atoms with Gasteiger partial charge in [-0.25, -0.2) is 23.1 Å². The van der Waals surface area contributed by atoms with E-state index in [1.54, 1.807) is 0 Å². The zero-order valence-corrected chi connectivity index (χ0v) is 16.6. The largest absolute Gasteiger partial charge is 0.480 e. The van der Waals surface area contributed by atoms with Crippen molar-refractivity contribution in [3.05, 3.63) is 47.0 Å². The van der Waals surface area contributed by atoms with Crippen LogP contribution in [0.2, 0.25) is 0 Å². The molecule has 11 heteroatoms.